The number of hydrogen-bond acceptors (Lipinski definition) is 0. The van der Waals surface area contributed by atoms with Gasteiger partial charge in [-0.2, -0.15) is 0 Å². The van der Waals surface area contributed by atoms with Crippen LogP contribution in [-0.4, -0.2) is 0 Å². The molecule has 0 unspecified atom stereocenters. The first-order valence-electron chi connectivity index (χ1n) is 6.21. The zero-order valence-electron chi connectivity index (χ0n) is 9.97. The van der Waals surface area contributed by atoms with Crippen LogP contribution in [0.4, 0.5) is 0 Å². The number of hydrogen-bond donors (Lipinski definition) is 0. The Morgan fingerprint density at radius 1 is 0.643 bits per heavy atom. The van der Waals surface area contributed by atoms with E-state index in [9.17, 15) is 0 Å². The van der Waals surface area contributed by atoms with Crippen LogP contribution in [0.15, 0.2) is 24.3 Å². The van der Waals surface area contributed by atoms with E-state index in [1.165, 1.54) is 51.4 Å². The molecule has 0 aliphatic carbocycles. The molecule has 0 heteroatoms. The van der Waals surface area contributed by atoms with Gasteiger partial charge in [-0.15, -0.1) is 0 Å². The first kappa shape index (κ1) is 13.5. The predicted molar refractivity (Wildman–Crippen MR) is 66.6 cm³/mol. The van der Waals surface area contributed by atoms with E-state index in [4.69, 9.17) is 0 Å². The summed E-state index contributed by atoms with van der Waals surface area (Å²) >= 11 is 0. The summed E-state index contributed by atoms with van der Waals surface area (Å²) in [4.78, 5) is 0. The van der Waals surface area contributed by atoms with Crippen LogP contribution in [0.25, 0.3) is 0 Å². The van der Waals surface area contributed by atoms with Gasteiger partial charge in [0.15, 0.2) is 0 Å². The Hall–Kier alpha value is -0.520. The standard InChI is InChI=1S/C14H26/c1-3-5-7-9-11-13-14-12-10-8-6-4-2/h5,7,12,14H,3-4,6,8-11,13H2,1-2H3/b7-5+,14-12+. The van der Waals surface area contributed by atoms with Crippen molar-refractivity contribution in [1.29, 1.82) is 0 Å². The van der Waals surface area contributed by atoms with Gasteiger partial charge >= 0.3 is 0 Å². The molecule has 0 aliphatic rings. The second-order valence-electron chi connectivity index (χ2n) is 3.78. The maximum absolute atomic E-state index is 2.35. The Labute approximate surface area is 90.1 Å². The van der Waals surface area contributed by atoms with Crippen LogP contribution >= 0.6 is 0 Å². The summed E-state index contributed by atoms with van der Waals surface area (Å²) < 4.78 is 0. The van der Waals surface area contributed by atoms with E-state index in [1.54, 1.807) is 0 Å². The van der Waals surface area contributed by atoms with Gasteiger partial charge in [-0.1, -0.05) is 51.0 Å². The van der Waals surface area contributed by atoms with Gasteiger partial charge in [0.05, 0.1) is 0 Å². The van der Waals surface area contributed by atoms with E-state index in [0.29, 0.717) is 0 Å². The van der Waals surface area contributed by atoms with Crippen LogP contribution < -0.4 is 0 Å². The maximum atomic E-state index is 2.35. The van der Waals surface area contributed by atoms with Crippen molar-refractivity contribution in [2.75, 3.05) is 0 Å². The van der Waals surface area contributed by atoms with E-state index in [1.807, 2.05) is 0 Å². The second kappa shape index (κ2) is 12.5. The fourth-order valence-corrected chi connectivity index (χ4v) is 1.39. The summed E-state index contributed by atoms with van der Waals surface area (Å²) in [6.07, 6.45) is 19.6. The third-order valence-corrected chi connectivity index (χ3v) is 2.28. The highest BCUT2D eigenvalue weighted by Gasteiger charge is 1.82. The average Bonchev–Trinajstić information content (AvgIpc) is 2.21. The first-order valence-corrected chi connectivity index (χ1v) is 6.21. The summed E-state index contributed by atoms with van der Waals surface area (Å²) in [5, 5.41) is 0. The van der Waals surface area contributed by atoms with Gasteiger partial charge in [0.25, 0.3) is 0 Å². The van der Waals surface area contributed by atoms with Crippen molar-refractivity contribution in [3.8, 4) is 0 Å². The van der Waals surface area contributed by atoms with Gasteiger partial charge in [0.2, 0.25) is 0 Å². The highest BCUT2D eigenvalue weighted by Crippen LogP contribution is 2.02. The van der Waals surface area contributed by atoms with Crippen molar-refractivity contribution in [3.63, 3.8) is 0 Å². The highest BCUT2D eigenvalue weighted by molar-refractivity contribution is 4.84. The third kappa shape index (κ3) is 11.5. The minimum Gasteiger partial charge on any atom is -0.0888 e. The molecular formula is C14H26. The highest BCUT2D eigenvalue weighted by atomic mass is 13.9. The van der Waals surface area contributed by atoms with Crippen LogP contribution in [0, 0.1) is 0 Å². The lowest BCUT2D eigenvalue weighted by molar-refractivity contribution is 0.727. The zero-order chi connectivity index (χ0) is 10.5. The van der Waals surface area contributed by atoms with E-state index in [0.717, 1.165) is 0 Å². The molecule has 0 aliphatic heterocycles. The van der Waals surface area contributed by atoms with E-state index < -0.39 is 0 Å². The van der Waals surface area contributed by atoms with E-state index >= 15 is 0 Å². The van der Waals surface area contributed by atoms with Crippen LogP contribution in [0.1, 0.15) is 65.2 Å². The molecule has 82 valence electrons. The summed E-state index contributed by atoms with van der Waals surface area (Å²) in [6, 6.07) is 0. The molecule has 0 fully saturated rings. The minimum atomic E-state index is 1.17. The SMILES string of the molecule is CC/C=C/CCC/C=C/CCCCC. The van der Waals surface area contributed by atoms with E-state index in [2.05, 4.69) is 38.2 Å². The molecular weight excluding hydrogens is 168 g/mol. The van der Waals surface area contributed by atoms with Crippen molar-refractivity contribution < 1.29 is 0 Å². The molecule has 0 radical (unpaired) electrons. The van der Waals surface area contributed by atoms with Crippen molar-refractivity contribution in [2.45, 2.75) is 65.2 Å². The summed E-state index contributed by atoms with van der Waals surface area (Å²) in [7, 11) is 0. The summed E-state index contributed by atoms with van der Waals surface area (Å²) in [5.74, 6) is 0. The van der Waals surface area contributed by atoms with Crippen LogP contribution in [0.5, 0.6) is 0 Å². The number of rotatable bonds is 9. The molecule has 0 atom stereocenters. The molecule has 0 saturated heterocycles. The lowest BCUT2D eigenvalue weighted by Crippen LogP contribution is -1.72. The largest absolute Gasteiger partial charge is 0.0888 e. The van der Waals surface area contributed by atoms with Crippen LogP contribution in [-0.2, 0) is 0 Å². The normalized spacial score (nSPS) is 11.9. The lowest BCUT2D eigenvalue weighted by atomic mass is 10.1. The fourth-order valence-electron chi connectivity index (χ4n) is 1.39. The molecule has 0 aromatic heterocycles. The molecule has 0 aromatic rings. The number of unbranched alkanes of at least 4 members (excludes halogenated alkanes) is 5. The molecule has 0 aromatic carbocycles. The van der Waals surface area contributed by atoms with Crippen molar-refractivity contribution in [2.24, 2.45) is 0 Å². The number of allylic oxidation sites excluding steroid dienone is 4. The smallest absolute Gasteiger partial charge is 0.0348 e. The van der Waals surface area contributed by atoms with Gasteiger partial charge < -0.3 is 0 Å². The molecule has 14 heavy (non-hydrogen) atoms. The van der Waals surface area contributed by atoms with Crippen LogP contribution in [0.3, 0.4) is 0 Å². The molecule has 0 rings (SSSR count). The monoisotopic (exact) mass is 194 g/mol. The Balaban J connectivity index is 3.07. The van der Waals surface area contributed by atoms with Gasteiger partial charge in [-0.05, 0) is 38.5 Å². The Morgan fingerprint density at radius 2 is 1.21 bits per heavy atom. The minimum absolute atomic E-state index is 1.17. The van der Waals surface area contributed by atoms with Gasteiger partial charge in [-0.25, -0.2) is 0 Å². The van der Waals surface area contributed by atoms with Crippen molar-refractivity contribution >= 4 is 0 Å². The Morgan fingerprint density at radius 3 is 1.79 bits per heavy atom. The molecule has 0 bridgehead atoms. The van der Waals surface area contributed by atoms with Gasteiger partial charge in [-0.3, -0.25) is 0 Å². The van der Waals surface area contributed by atoms with E-state index in [-0.39, 0.29) is 0 Å². The second-order valence-corrected chi connectivity index (χ2v) is 3.78. The molecule has 0 saturated carbocycles. The molecule has 0 amide bonds. The zero-order valence-corrected chi connectivity index (χ0v) is 9.97. The lowest BCUT2D eigenvalue weighted by Gasteiger charge is -1.92. The van der Waals surface area contributed by atoms with Crippen molar-refractivity contribution in [3.05, 3.63) is 24.3 Å². The summed E-state index contributed by atoms with van der Waals surface area (Å²) in [5.41, 5.74) is 0. The quantitative estimate of drug-likeness (QED) is 0.347. The first-order chi connectivity index (χ1) is 6.91. The predicted octanol–water partition coefficient (Wildman–Crippen LogP) is 5.26. The van der Waals surface area contributed by atoms with Crippen LogP contribution in [0.2, 0.25) is 0 Å². The molecule has 0 heterocycles. The molecule has 0 spiro atoms. The topological polar surface area (TPSA) is 0 Å². The van der Waals surface area contributed by atoms with Crippen molar-refractivity contribution in [1.82, 2.24) is 0 Å². The maximum Gasteiger partial charge on any atom is -0.0348 e. The van der Waals surface area contributed by atoms with Gasteiger partial charge in [0.1, 0.15) is 0 Å². The Kier molecular flexibility index (Phi) is 12.0. The fraction of sp³-hybridized carbons (Fsp3) is 0.714. The third-order valence-electron chi connectivity index (χ3n) is 2.28. The summed E-state index contributed by atoms with van der Waals surface area (Å²) in [6.45, 7) is 4.44. The van der Waals surface area contributed by atoms with Gasteiger partial charge in [0, 0.05) is 0 Å². The average molecular weight is 194 g/mol. The molecule has 0 nitrogen and oxygen atoms in total. The Bertz CT molecular complexity index is 142. The molecule has 0 N–H and O–H groups in total.